The van der Waals surface area contributed by atoms with Crippen molar-refractivity contribution in [1.29, 1.82) is 0 Å². The quantitative estimate of drug-likeness (QED) is 0.451. The third-order valence-corrected chi connectivity index (χ3v) is 6.05. The Morgan fingerprint density at radius 3 is 2.59 bits per heavy atom. The highest BCUT2D eigenvalue weighted by Gasteiger charge is 2.33. The summed E-state index contributed by atoms with van der Waals surface area (Å²) in [5.74, 6) is -0.664. The molecule has 1 heterocycles. The summed E-state index contributed by atoms with van der Waals surface area (Å²) in [5.41, 5.74) is 2.45. The number of anilines is 1. The Balaban J connectivity index is 1.67. The highest BCUT2D eigenvalue weighted by Crippen LogP contribution is 2.32. The molecule has 0 bridgehead atoms. The molecule has 0 unspecified atom stereocenters. The average molecular weight is 463 g/mol. The number of allylic oxidation sites excluding steroid dienone is 2. The number of thioether (sulfide) groups is 1. The van der Waals surface area contributed by atoms with E-state index in [1.54, 1.807) is 24.3 Å². The molecule has 3 rings (SSSR count). The molecule has 0 spiro atoms. The first-order valence-corrected chi connectivity index (χ1v) is 10.5. The van der Waals surface area contributed by atoms with Gasteiger partial charge in [0.05, 0.1) is 15.0 Å². The van der Waals surface area contributed by atoms with Crippen LogP contribution in [0.5, 0.6) is 0 Å². The minimum absolute atomic E-state index is 0.177. The second-order valence-corrected chi connectivity index (χ2v) is 8.73. The van der Waals surface area contributed by atoms with Gasteiger partial charge < -0.3 is 5.32 Å². The first-order chi connectivity index (χ1) is 13.8. The van der Waals surface area contributed by atoms with Crippen molar-refractivity contribution in [3.05, 3.63) is 80.7 Å². The molecule has 1 N–H and O–H groups in total. The monoisotopic (exact) mass is 462 g/mol. The Morgan fingerprint density at radius 2 is 1.90 bits per heavy atom. The van der Waals surface area contributed by atoms with Crippen LogP contribution in [0.3, 0.4) is 0 Å². The molecular formula is C21H16Cl2N2O2S2. The molecule has 0 aliphatic carbocycles. The van der Waals surface area contributed by atoms with Crippen LogP contribution in [0.4, 0.5) is 5.69 Å². The largest absolute Gasteiger partial charge is 0.324 e. The summed E-state index contributed by atoms with van der Waals surface area (Å²) < 4.78 is 0.345. The van der Waals surface area contributed by atoms with Crippen molar-refractivity contribution < 1.29 is 9.59 Å². The van der Waals surface area contributed by atoms with Crippen molar-refractivity contribution in [3.63, 3.8) is 0 Å². The average Bonchev–Trinajstić information content (AvgIpc) is 2.93. The molecule has 0 radical (unpaired) electrons. The van der Waals surface area contributed by atoms with Crippen molar-refractivity contribution in [2.45, 2.75) is 6.92 Å². The number of carbonyl (C=O) groups excluding carboxylic acids is 2. The van der Waals surface area contributed by atoms with Gasteiger partial charge in [0.25, 0.3) is 5.91 Å². The van der Waals surface area contributed by atoms with Crippen LogP contribution < -0.4 is 5.32 Å². The Morgan fingerprint density at radius 1 is 1.17 bits per heavy atom. The van der Waals surface area contributed by atoms with Crippen molar-refractivity contribution in [2.24, 2.45) is 0 Å². The number of thiocarbonyl (C=S) groups is 1. The molecule has 29 heavy (non-hydrogen) atoms. The molecule has 1 fully saturated rings. The normalized spacial score (nSPS) is 15.9. The number of hydrogen-bond donors (Lipinski definition) is 1. The minimum atomic E-state index is -0.377. The number of benzene rings is 2. The second-order valence-electron chi connectivity index (χ2n) is 6.24. The van der Waals surface area contributed by atoms with Crippen LogP contribution in [0.1, 0.15) is 12.5 Å². The van der Waals surface area contributed by atoms with Crippen molar-refractivity contribution in [3.8, 4) is 0 Å². The third kappa shape index (κ3) is 5.70. The lowest BCUT2D eigenvalue weighted by Gasteiger charge is -2.14. The Bertz CT molecular complexity index is 1040. The van der Waals surface area contributed by atoms with E-state index in [0.29, 0.717) is 25.0 Å². The maximum Gasteiger partial charge on any atom is 0.266 e. The lowest BCUT2D eigenvalue weighted by atomic mass is 10.1. The van der Waals surface area contributed by atoms with Crippen LogP contribution in [0.15, 0.2) is 65.1 Å². The summed E-state index contributed by atoms with van der Waals surface area (Å²) in [6.07, 6.45) is 3.76. The molecule has 2 amide bonds. The minimum Gasteiger partial charge on any atom is -0.324 e. The van der Waals surface area contributed by atoms with Gasteiger partial charge in [-0.15, -0.1) is 0 Å². The summed E-state index contributed by atoms with van der Waals surface area (Å²) in [5, 5.41) is 3.42. The number of halogens is 2. The van der Waals surface area contributed by atoms with Crippen molar-refractivity contribution in [2.75, 3.05) is 11.9 Å². The summed E-state index contributed by atoms with van der Waals surface area (Å²) >= 11 is 18.3. The Labute approximate surface area is 188 Å². The third-order valence-electron chi connectivity index (χ3n) is 3.93. The van der Waals surface area contributed by atoms with Gasteiger partial charge in [-0.25, -0.2) is 0 Å². The Hall–Kier alpha value is -2.12. The second kappa shape index (κ2) is 9.59. The van der Waals surface area contributed by atoms with Crippen LogP contribution in [-0.2, 0) is 9.59 Å². The predicted molar refractivity (Wildman–Crippen MR) is 125 cm³/mol. The standard InChI is InChI=1S/C21H16Cl2N2O2S2/c1-13(9-14-5-3-2-4-6-14)10-18-20(27)25(21(28)29-18)12-19(26)24-15-7-8-16(22)17(23)11-15/h2-11H,12H2,1H3,(H,24,26). The van der Waals surface area contributed by atoms with Crippen molar-refractivity contribution in [1.82, 2.24) is 4.90 Å². The molecule has 2 aromatic rings. The molecule has 2 aromatic carbocycles. The van der Waals surface area contributed by atoms with Crippen LogP contribution in [-0.4, -0.2) is 27.6 Å². The van der Waals surface area contributed by atoms with Gasteiger partial charge in [-0.1, -0.05) is 83.6 Å². The molecule has 8 heteroatoms. The number of nitrogens with one attached hydrogen (secondary N) is 1. The lowest BCUT2D eigenvalue weighted by Crippen LogP contribution is -2.36. The molecular weight excluding hydrogens is 447 g/mol. The van der Waals surface area contributed by atoms with Gasteiger partial charge in [-0.2, -0.15) is 0 Å². The van der Waals surface area contributed by atoms with E-state index >= 15 is 0 Å². The SMILES string of the molecule is CC(=Cc1ccccc1)C=C1SC(=S)N(CC(=O)Nc2ccc(Cl)c(Cl)c2)C1=O. The van der Waals surface area contributed by atoms with Crippen LogP contribution in [0.25, 0.3) is 6.08 Å². The molecule has 1 saturated heterocycles. The smallest absolute Gasteiger partial charge is 0.266 e. The summed E-state index contributed by atoms with van der Waals surface area (Å²) in [4.78, 5) is 26.8. The first-order valence-electron chi connectivity index (χ1n) is 8.57. The topological polar surface area (TPSA) is 49.4 Å². The fraction of sp³-hybridized carbons (Fsp3) is 0.0952. The van der Waals surface area contributed by atoms with Gasteiger partial charge in [0.15, 0.2) is 0 Å². The maximum atomic E-state index is 12.7. The van der Waals surface area contributed by atoms with E-state index in [1.807, 2.05) is 43.3 Å². The zero-order valence-corrected chi connectivity index (χ0v) is 18.5. The molecule has 1 aliphatic rings. The first kappa shape index (κ1) is 21.6. The van der Waals surface area contributed by atoms with Gasteiger partial charge in [-0.05, 0) is 42.3 Å². The number of amides is 2. The highest BCUT2D eigenvalue weighted by molar-refractivity contribution is 8.26. The zero-order valence-electron chi connectivity index (χ0n) is 15.3. The fourth-order valence-electron chi connectivity index (χ4n) is 2.61. The van der Waals surface area contributed by atoms with Gasteiger partial charge >= 0.3 is 0 Å². The summed E-state index contributed by atoms with van der Waals surface area (Å²) in [7, 11) is 0. The van der Waals surface area contributed by atoms with Crippen molar-refractivity contribution >= 4 is 75.1 Å². The van der Waals surface area contributed by atoms with Gasteiger partial charge in [0, 0.05) is 5.69 Å². The predicted octanol–water partition coefficient (Wildman–Crippen LogP) is 5.78. The van der Waals surface area contributed by atoms with Crippen LogP contribution >= 0.6 is 47.2 Å². The number of hydrogen-bond acceptors (Lipinski definition) is 4. The molecule has 0 saturated carbocycles. The van der Waals surface area contributed by atoms with Gasteiger partial charge in [-0.3, -0.25) is 14.5 Å². The van der Waals surface area contributed by atoms with Crippen LogP contribution in [0, 0.1) is 0 Å². The fourth-order valence-corrected chi connectivity index (χ4v) is 4.22. The Kier molecular flexibility index (Phi) is 7.14. The van der Waals surface area contributed by atoms with E-state index in [9.17, 15) is 9.59 Å². The lowest BCUT2D eigenvalue weighted by molar-refractivity contribution is -0.126. The molecule has 0 aromatic heterocycles. The van der Waals surface area contributed by atoms with Gasteiger partial charge in [0.2, 0.25) is 5.91 Å². The summed E-state index contributed by atoms with van der Waals surface area (Å²) in [6.45, 7) is 1.74. The van der Waals surface area contributed by atoms with E-state index in [-0.39, 0.29) is 18.4 Å². The van der Waals surface area contributed by atoms with E-state index < -0.39 is 0 Å². The molecule has 148 valence electrons. The van der Waals surface area contributed by atoms with E-state index in [0.717, 1.165) is 11.1 Å². The number of carbonyl (C=O) groups is 2. The number of nitrogens with zero attached hydrogens (tertiary/aromatic N) is 1. The molecule has 4 nitrogen and oxygen atoms in total. The van der Waals surface area contributed by atoms with Crippen LogP contribution in [0.2, 0.25) is 10.0 Å². The molecule has 0 atom stereocenters. The number of rotatable bonds is 5. The maximum absolute atomic E-state index is 12.7. The van der Waals surface area contributed by atoms with E-state index in [1.165, 1.54) is 16.7 Å². The molecule has 1 aliphatic heterocycles. The van der Waals surface area contributed by atoms with Gasteiger partial charge in [0.1, 0.15) is 10.9 Å². The summed E-state index contributed by atoms with van der Waals surface area (Å²) in [6, 6.07) is 14.6. The highest BCUT2D eigenvalue weighted by atomic mass is 35.5. The zero-order chi connectivity index (χ0) is 21.0. The van der Waals surface area contributed by atoms with E-state index in [4.69, 9.17) is 35.4 Å². The van der Waals surface area contributed by atoms with E-state index in [2.05, 4.69) is 5.32 Å².